The number of likely N-dealkylation sites (N-methyl/N-ethyl adjacent to an activating group) is 1. The van der Waals surface area contributed by atoms with Crippen LogP contribution < -0.4 is 0 Å². The van der Waals surface area contributed by atoms with Gasteiger partial charge in [-0.1, -0.05) is 12.1 Å². The molecule has 0 aliphatic carbocycles. The fourth-order valence-electron chi connectivity index (χ4n) is 2.73. The highest BCUT2D eigenvalue weighted by atomic mass is 32.1. The largest absolute Gasteiger partial charge is 0.451 e. The molecule has 0 aliphatic heterocycles. The van der Waals surface area contributed by atoms with Gasteiger partial charge < -0.3 is 9.64 Å². The van der Waals surface area contributed by atoms with E-state index in [1.165, 1.54) is 28.4 Å². The summed E-state index contributed by atoms with van der Waals surface area (Å²) in [5.74, 6) is -1.25. The highest BCUT2D eigenvalue weighted by molar-refractivity contribution is 7.20. The molecule has 0 bridgehead atoms. The summed E-state index contributed by atoms with van der Waals surface area (Å²) in [7, 11) is 1.56. The quantitative estimate of drug-likeness (QED) is 0.554. The van der Waals surface area contributed by atoms with Crippen molar-refractivity contribution in [3.05, 3.63) is 52.3 Å². The molecule has 0 unspecified atom stereocenters. The zero-order chi connectivity index (χ0) is 21.0. The van der Waals surface area contributed by atoms with Crippen LogP contribution in [0.25, 0.3) is 10.2 Å². The molecule has 3 rings (SSSR count). The zero-order valence-electron chi connectivity index (χ0n) is 16.0. The van der Waals surface area contributed by atoms with Crippen molar-refractivity contribution in [2.24, 2.45) is 0 Å². The number of carbonyl (C=O) groups is 2. The Bertz CT molecular complexity index is 1080. The van der Waals surface area contributed by atoms with E-state index in [2.05, 4.69) is 5.10 Å². The van der Waals surface area contributed by atoms with Gasteiger partial charge in [0.25, 0.3) is 5.91 Å². The average molecular weight is 414 g/mol. The topological polar surface area (TPSA) is 88.2 Å². The van der Waals surface area contributed by atoms with Gasteiger partial charge in [-0.05, 0) is 30.7 Å². The van der Waals surface area contributed by atoms with Crippen LogP contribution in [0, 0.1) is 24.1 Å². The Kier molecular flexibility index (Phi) is 6.24. The molecule has 150 valence electrons. The second-order valence-electron chi connectivity index (χ2n) is 6.50. The second-order valence-corrected chi connectivity index (χ2v) is 7.53. The summed E-state index contributed by atoms with van der Waals surface area (Å²) < 4.78 is 20.0. The monoisotopic (exact) mass is 414 g/mol. The third kappa shape index (κ3) is 4.78. The van der Waals surface area contributed by atoms with Crippen LogP contribution in [0.3, 0.4) is 0 Å². The van der Waals surface area contributed by atoms with E-state index in [-0.39, 0.29) is 31.3 Å². The van der Waals surface area contributed by atoms with Gasteiger partial charge in [-0.2, -0.15) is 10.4 Å². The maximum absolute atomic E-state index is 13.1. The van der Waals surface area contributed by atoms with Gasteiger partial charge in [-0.3, -0.25) is 9.48 Å². The number of hydrogen-bond acceptors (Lipinski definition) is 6. The highest BCUT2D eigenvalue weighted by Gasteiger charge is 2.19. The average Bonchev–Trinajstić information content (AvgIpc) is 3.27. The Hall–Kier alpha value is -3.25. The molecule has 0 radical (unpaired) electrons. The first-order valence-electron chi connectivity index (χ1n) is 8.88. The van der Waals surface area contributed by atoms with E-state index >= 15 is 0 Å². The van der Waals surface area contributed by atoms with Gasteiger partial charge in [0.05, 0.1) is 24.7 Å². The molecule has 2 heterocycles. The molecule has 29 heavy (non-hydrogen) atoms. The molecular weight excluding hydrogens is 395 g/mol. The summed E-state index contributed by atoms with van der Waals surface area (Å²) >= 11 is 1.23. The second kappa shape index (κ2) is 8.84. The lowest BCUT2D eigenvalue weighted by Gasteiger charge is -2.14. The Morgan fingerprint density at radius 2 is 2.07 bits per heavy atom. The van der Waals surface area contributed by atoms with E-state index in [1.807, 2.05) is 13.0 Å². The standard InChI is InChI=1S/C20H19FN4O3S/c1-13-16-10-17(20(27)28-12-18(26)24(2)9-3-8-22)29-19(16)25(23-13)11-14-4-6-15(21)7-5-14/h4-7,10H,3,9,11-12H2,1-2H3. The first-order chi connectivity index (χ1) is 13.9. The van der Waals surface area contributed by atoms with Crippen molar-refractivity contribution in [1.82, 2.24) is 14.7 Å². The lowest BCUT2D eigenvalue weighted by Crippen LogP contribution is -2.31. The molecule has 0 aliphatic rings. The lowest BCUT2D eigenvalue weighted by molar-refractivity contribution is -0.133. The van der Waals surface area contributed by atoms with Crippen LogP contribution in [0.2, 0.25) is 0 Å². The molecule has 0 atom stereocenters. The van der Waals surface area contributed by atoms with Crippen molar-refractivity contribution < 1.29 is 18.7 Å². The van der Waals surface area contributed by atoms with Crippen LogP contribution in [0.5, 0.6) is 0 Å². The minimum absolute atomic E-state index is 0.219. The molecule has 0 spiro atoms. The van der Waals surface area contributed by atoms with Crippen LogP contribution >= 0.6 is 11.3 Å². The number of nitrogens with zero attached hydrogens (tertiary/aromatic N) is 4. The zero-order valence-corrected chi connectivity index (χ0v) is 16.8. The molecule has 9 heteroatoms. The molecule has 2 aromatic heterocycles. The minimum Gasteiger partial charge on any atom is -0.451 e. The van der Waals surface area contributed by atoms with Gasteiger partial charge >= 0.3 is 5.97 Å². The molecule has 1 aromatic carbocycles. The molecule has 0 fully saturated rings. The molecular formula is C20H19FN4O3S. The van der Waals surface area contributed by atoms with Gasteiger partial charge in [0.2, 0.25) is 0 Å². The first kappa shape index (κ1) is 20.5. The van der Waals surface area contributed by atoms with E-state index in [4.69, 9.17) is 10.00 Å². The summed E-state index contributed by atoms with van der Waals surface area (Å²) in [6.45, 7) is 2.20. The minimum atomic E-state index is -0.582. The van der Waals surface area contributed by atoms with Crippen LogP contribution in [0.1, 0.15) is 27.3 Å². The normalized spacial score (nSPS) is 10.7. The maximum atomic E-state index is 13.1. The first-order valence-corrected chi connectivity index (χ1v) is 9.70. The summed E-state index contributed by atoms with van der Waals surface area (Å²) in [5.41, 5.74) is 1.66. The number of nitriles is 1. The number of rotatable bonds is 7. The van der Waals surface area contributed by atoms with Crippen LogP contribution in [-0.4, -0.2) is 46.8 Å². The van der Waals surface area contributed by atoms with Crippen LogP contribution in [-0.2, 0) is 16.1 Å². The number of benzene rings is 1. The molecule has 0 saturated heterocycles. The van der Waals surface area contributed by atoms with Crippen molar-refractivity contribution in [1.29, 1.82) is 5.26 Å². The number of fused-ring (bicyclic) bond motifs is 1. The van der Waals surface area contributed by atoms with Gasteiger partial charge in [0.15, 0.2) is 6.61 Å². The van der Waals surface area contributed by atoms with Crippen molar-refractivity contribution in [2.75, 3.05) is 20.2 Å². The predicted octanol–water partition coefficient (Wildman–Crippen LogP) is 3.12. The van der Waals surface area contributed by atoms with E-state index in [9.17, 15) is 14.0 Å². The van der Waals surface area contributed by atoms with Crippen molar-refractivity contribution in [3.63, 3.8) is 0 Å². The van der Waals surface area contributed by atoms with E-state index < -0.39 is 5.97 Å². The predicted molar refractivity (Wildman–Crippen MR) is 106 cm³/mol. The maximum Gasteiger partial charge on any atom is 0.348 e. The Morgan fingerprint density at radius 1 is 1.34 bits per heavy atom. The van der Waals surface area contributed by atoms with E-state index in [0.29, 0.717) is 11.4 Å². The summed E-state index contributed by atoms with van der Waals surface area (Å²) in [4.78, 5) is 26.8. The molecule has 7 nitrogen and oxygen atoms in total. The Balaban J connectivity index is 1.70. The number of esters is 1. The van der Waals surface area contributed by atoms with Crippen LogP contribution in [0.4, 0.5) is 4.39 Å². The molecule has 0 saturated carbocycles. The van der Waals surface area contributed by atoms with Crippen molar-refractivity contribution in [2.45, 2.75) is 19.9 Å². The van der Waals surface area contributed by atoms with Crippen molar-refractivity contribution >= 4 is 33.4 Å². The smallest absolute Gasteiger partial charge is 0.348 e. The number of thiophene rings is 1. The Morgan fingerprint density at radius 3 is 2.76 bits per heavy atom. The number of aryl methyl sites for hydroxylation is 1. The van der Waals surface area contributed by atoms with Gasteiger partial charge in [-0.25, -0.2) is 9.18 Å². The number of aromatic nitrogens is 2. The van der Waals surface area contributed by atoms with Crippen LogP contribution in [0.15, 0.2) is 30.3 Å². The number of hydrogen-bond donors (Lipinski definition) is 0. The SMILES string of the molecule is Cc1nn(Cc2ccc(F)cc2)c2sc(C(=O)OCC(=O)N(C)CCC#N)cc12. The summed E-state index contributed by atoms with van der Waals surface area (Å²) in [6.07, 6.45) is 0.219. The third-order valence-corrected chi connectivity index (χ3v) is 5.49. The number of ether oxygens (including phenoxy) is 1. The number of halogens is 1. The third-order valence-electron chi connectivity index (χ3n) is 4.37. The van der Waals surface area contributed by atoms with Gasteiger partial charge in [0, 0.05) is 19.0 Å². The van der Waals surface area contributed by atoms with Gasteiger partial charge in [-0.15, -0.1) is 11.3 Å². The van der Waals surface area contributed by atoms with Gasteiger partial charge in [0.1, 0.15) is 15.5 Å². The summed E-state index contributed by atoms with van der Waals surface area (Å²) in [6, 6.07) is 9.83. The van der Waals surface area contributed by atoms with Crippen molar-refractivity contribution in [3.8, 4) is 6.07 Å². The lowest BCUT2D eigenvalue weighted by atomic mass is 10.2. The Labute approximate surface area is 170 Å². The van der Waals surface area contributed by atoms with E-state index in [0.717, 1.165) is 21.5 Å². The molecule has 0 N–H and O–H groups in total. The molecule has 3 aromatic rings. The highest BCUT2D eigenvalue weighted by Crippen LogP contribution is 2.29. The molecule has 1 amide bonds. The fraction of sp³-hybridized carbons (Fsp3) is 0.300. The summed E-state index contributed by atoms with van der Waals surface area (Å²) in [5, 5.41) is 13.9. The van der Waals surface area contributed by atoms with E-state index in [1.54, 1.807) is 29.9 Å². The fourth-order valence-corrected chi connectivity index (χ4v) is 3.79. The number of amides is 1. The number of carbonyl (C=O) groups excluding carboxylic acids is 2.